The molecule has 0 bridgehead atoms. The van der Waals surface area contributed by atoms with E-state index in [1.807, 2.05) is 5.38 Å². The normalized spacial score (nSPS) is 17.8. The van der Waals surface area contributed by atoms with Crippen LogP contribution < -0.4 is 11.4 Å². The molecule has 0 saturated heterocycles. The summed E-state index contributed by atoms with van der Waals surface area (Å²) in [5.74, 6) is 1.32. The Kier molecular flexibility index (Phi) is 5.94. The predicted molar refractivity (Wildman–Crippen MR) is 82.1 cm³/mol. The Morgan fingerprint density at radius 3 is 2.64 bits per heavy atom. The zero-order valence-corrected chi connectivity index (χ0v) is 13.3. The molecule has 0 spiro atoms. The molecule has 0 aliphatic rings. The van der Waals surface area contributed by atoms with Crippen molar-refractivity contribution in [2.75, 3.05) is 12.3 Å². The van der Waals surface area contributed by atoms with Crippen LogP contribution in [0.1, 0.15) is 25.6 Å². The Hall–Kier alpha value is -1.62. The first kappa shape index (κ1) is 18.4. The van der Waals surface area contributed by atoms with Crippen molar-refractivity contribution in [3.8, 4) is 11.3 Å². The summed E-state index contributed by atoms with van der Waals surface area (Å²) in [6.45, 7) is 3.95. The molecule has 0 aromatic carbocycles. The molecule has 22 heavy (non-hydrogen) atoms. The minimum atomic E-state index is -2.55. The van der Waals surface area contributed by atoms with Crippen LogP contribution in [0.25, 0.3) is 0 Å². The van der Waals surface area contributed by atoms with Crippen LogP contribution in [0.5, 0.6) is 0 Å². The van der Waals surface area contributed by atoms with Crippen molar-refractivity contribution in [2.45, 2.75) is 38.6 Å². The van der Waals surface area contributed by atoms with E-state index < -0.39 is 36.0 Å². The first-order valence-corrected chi connectivity index (χ1v) is 7.03. The molecule has 6 nitrogen and oxygen atoms in total. The smallest absolute Gasteiger partial charge is 0.350 e. The summed E-state index contributed by atoms with van der Waals surface area (Å²) in [6, 6.07) is 0.220. The molecule has 0 aliphatic heterocycles. The second-order valence-electron chi connectivity index (χ2n) is 5.24. The third-order valence-corrected chi connectivity index (χ3v) is 3.75. The molecule has 0 radical (unpaired) electrons. The second-order valence-corrected chi connectivity index (χ2v) is 5.43. The lowest BCUT2D eigenvalue weighted by Gasteiger charge is -2.35. The van der Waals surface area contributed by atoms with Crippen LogP contribution in [0.4, 0.5) is 10.2 Å². The number of nitrogens with zero attached hydrogens (tertiary/aromatic N) is 2. The molecular weight excluding hydrogens is 313 g/mol. The van der Waals surface area contributed by atoms with Gasteiger partial charge in [0.1, 0.15) is 11.9 Å². The highest BCUT2D eigenvalue weighted by atomic mass is 35.5. The third-order valence-electron chi connectivity index (χ3n) is 3.66. The number of halogens is 2. The van der Waals surface area contributed by atoms with Gasteiger partial charge in [0.15, 0.2) is 0 Å². The molecule has 4 N–H and O–H groups in total. The van der Waals surface area contributed by atoms with E-state index in [9.17, 15) is 9.90 Å². The quantitative estimate of drug-likeness (QED) is 0.686. The maximum Gasteiger partial charge on any atom is 0.350 e. The largest absolute Gasteiger partial charge is 0.396 e. The number of nitrogen functional groups attached to an aromatic ring is 1. The Balaban J connectivity index is 3.45. The first-order chi connectivity index (χ1) is 10.2. The number of aryl methyl sites for hydroxylation is 1. The summed E-state index contributed by atoms with van der Waals surface area (Å²) in [6.07, 6.45) is -1.65. The van der Waals surface area contributed by atoms with Crippen LogP contribution in [0.3, 0.4) is 0 Å². The average molecular weight is 332 g/mol. The Morgan fingerprint density at radius 1 is 1.59 bits per heavy atom. The number of hydrogen-bond donors (Lipinski definition) is 3. The van der Waals surface area contributed by atoms with Gasteiger partial charge in [-0.15, -0.1) is 0 Å². The van der Waals surface area contributed by atoms with E-state index in [-0.39, 0.29) is 5.82 Å². The van der Waals surface area contributed by atoms with Crippen LogP contribution in [-0.4, -0.2) is 38.1 Å². The number of nitrogens with two attached hydrogens (primary N) is 1. The number of aromatic nitrogens is 2. The zero-order valence-electron chi connectivity index (χ0n) is 12.5. The maximum absolute atomic E-state index is 15.3. The van der Waals surface area contributed by atoms with E-state index in [1.54, 1.807) is 6.92 Å². The minimum Gasteiger partial charge on any atom is -0.396 e. The molecule has 1 aromatic heterocycles. The van der Waals surface area contributed by atoms with Crippen molar-refractivity contribution in [1.82, 2.24) is 9.55 Å². The van der Waals surface area contributed by atoms with Gasteiger partial charge in [-0.05, 0) is 37.4 Å². The summed E-state index contributed by atoms with van der Waals surface area (Å²) < 4.78 is 16.4. The molecule has 1 aromatic rings. The van der Waals surface area contributed by atoms with Crippen molar-refractivity contribution < 1.29 is 14.6 Å². The van der Waals surface area contributed by atoms with Gasteiger partial charge in [-0.2, -0.15) is 4.98 Å². The van der Waals surface area contributed by atoms with E-state index in [1.165, 1.54) is 19.9 Å². The van der Waals surface area contributed by atoms with Crippen LogP contribution in [0.15, 0.2) is 10.9 Å². The van der Waals surface area contributed by atoms with Crippen LogP contribution in [0.2, 0.25) is 0 Å². The number of aliphatic hydroxyl groups is 2. The average Bonchev–Trinajstić information content (AvgIpc) is 2.44. The van der Waals surface area contributed by atoms with Gasteiger partial charge >= 0.3 is 5.69 Å². The fourth-order valence-electron chi connectivity index (χ4n) is 2.30. The summed E-state index contributed by atoms with van der Waals surface area (Å²) in [4.78, 5) is 15.6. The second kappa shape index (κ2) is 7.09. The van der Waals surface area contributed by atoms with E-state index >= 15 is 4.39 Å². The highest BCUT2D eigenvalue weighted by Gasteiger charge is 2.46. The summed E-state index contributed by atoms with van der Waals surface area (Å²) in [5, 5.41) is 21.2. The van der Waals surface area contributed by atoms with Crippen LogP contribution >= 0.6 is 11.6 Å². The fourth-order valence-corrected chi connectivity index (χ4v) is 2.45. The highest BCUT2D eigenvalue weighted by Crippen LogP contribution is 2.33. The van der Waals surface area contributed by atoms with Gasteiger partial charge < -0.3 is 15.9 Å². The molecule has 1 rings (SSSR count). The molecule has 1 heterocycles. The molecule has 4 atom stereocenters. The topological polar surface area (TPSA) is 101 Å². The number of rotatable bonds is 5. The van der Waals surface area contributed by atoms with Gasteiger partial charge in [0.2, 0.25) is 5.67 Å². The zero-order chi connectivity index (χ0) is 17.1. The van der Waals surface area contributed by atoms with Crippen molar-refractivity contribution in [3.63, 3.8) is 0 Å². The van der Waals surface area contributed by atoms with E-state index in [4.69, 9.17) is 22.4 Å². The highest BCUT2D eigenvalue weighted by molar-refractivity contribution is 6.30. The molecule has 0 aliphatic carbocycles. The lowest BCUT2D eigenvalue weighted by atomic mass is 9.84. The van der Waals surface area contributed by atoms with Crippen molar-refractivity contribution >= 4 is 17.4 Å². The van der Waals surface area contributed by atoms with Gasteiger partial charge in [0.05, 0.1) is 6.04 Å². The van der Waals surface area contributed by atoms with Crippen molar-refractivity contribution in [2.24, 2.45) is 5.92 Å². The van der Waals surface area contributed by atoms with Crippen molar-refractivity contribution in [1.29, 1.82) is 0 Å². The number of alkyl halides is 1. The van der Waals surface area contributed by atoms with Gasteiger partial charge in [-0.3, -0.25) is 4.57 Å². The van der Waals surface area contributed by atoms with E-state index in [2.05, 4.69) is 10.9 Å². The van der Waals surface area contributed by atoms with E-state index in [0.717, 1.165) is 4.57 Å². The van der Waals surface area contributed by atoms with Gasteiger partial charge in [0.25, 0.3) is 0 Å². The summed E-state index contributed by atoms with van der Waals surface area (Å²) >= 11 is 5.32. The predicted octanol–water partition coefficient (Wildman–Crippen LogP) is 0.592. The van der Waals surface area contributed by atoms with Gasteiger partial charge in [-0.25, -0.2) is 9.18 Å². The molecule has 0 saturated carbocycles. The summed E-state index contributed by atoms with van der Waals surface area (Å²) in [7, 11) is 0. The lowest BCUT2D eigenvalue weighted by molar-refractivity contribution is -0.0447. The monoisotopic (exact) mass is 331 g/mol. The lowest BCUT2D eigenvalue weighted by Crippen LogP contribution is -2.50. The summed E-state index contributed by atoms with van der Waals surface area (Å²) in [5.41, 5.74) is 2.54. The molecule has 0 amide bonds. The van der Waals surface area contributed by atoms with Crippen LogP contribution in [-0.2, 0) is 0 Å². The molecule has 8 heteroatoms. The minimum absolute atomic E-state index is 0.0168. The van der Waals surface area contributed by atoms with Crippen LogP contribution in [0, 0.1) is 24.1 Å². The fraction of sp³-hybridized carbons (Fsp3) is 0.571. The number of aliphatic hydroxyl groups excluding tert-OH is 2. The maximum atomic E-state index is 15.3. The van der Waals surface area contributed by atoms with E-state index in [0.29, 0.717) is 5.69 Å². The molecule has 2 unspecified atom stereocenters. The molecular formula is C14H19ClFN3O3. The Morgan fingerprint density at radius 2 is 2.18 bits per heavy atom. The number of anilines is 1. The van der Waals surface area contributed by atoms with Gasteiger partial charge in [-0.1, -0.05) is 6.92 Å². The Bertz CT molecular complexity index is 655. The SMILES string of the molecule is Cc1cc(N)nc(=O)n1[C@H](C)C(F)(C#CCl)C(O)[C@H](C)CO. The first-order valence-electron chi connectivity index (χ1n) is 6.65. The number of hydrogen-bond acceptors (Lipinski definition) is 5. The molecule has 0 fully saturated rings. The standard InChI is InChI=1S/C14H19ClFN3O3/c1-8(7-20)12(21)14(16,4-5-15)10(3)19-9(2)6-11(17)18-13(19)22/h6,8,10,12,20-21H,7H2,1-3H3,(H2,17,18,22)/t8-,10-,12?,14?/m1/s1. The van der Waals surface area contributed by atoms with Gasteiger partial charge in [0, 0.05) is 23.6 Å². The molecule has 122 valence electrons. The Labute approximate surface area is 132 Å². The van der Waals surface area contributed by atoms with Crippen molar-refractivity contribution in [3.05, 3.63) is 22.2 Å². The third kappa shape index (κ3) is 3.40.